The smallest absolute Gasteiger partial charge is 0.390 e. The summed E-state index contributed by atoms with van der Waals surface area (Å²) in [4.78, 5) is 0. The van der Waals surface area contributed by atoms with Gasteiger partial charge in [-0.15, -0.1) is 0 Å². The Kier molecular flexibility index (Phi) is 5.47. The maximum absolute atomic E-state index is 12.2. The first-order valence-electron chi connectivity index (χ1n) is 6.07. The molecule has 0 saturated heterocycles. The van der Waals surface area contributed by atoms with Crippen LogP contribution in [0.2, 0.25) is 0 Å². The van der Waals surface area contributed by atoms with Crippen molar-refractivity contribution >= 4 is 0 Å². The lowest BCUT2D eigenvalue weighted by atomic mass is 10.1. The number of hydrogen-bond donors (Lipinski definition) is 2. The van der Waals surface area contributed by atoms with Crippen LogP contribution >= 0.6 is 0 Å². The van der Waals surface area contributed by atoms with Gasteiger partial charge in [-0.2, -0.15) is 13.2 Å². The molecule has 1 aromatic rings. The molecule has 0 amide bonds. The number of phenols is 1. The predicted octanol–water partition coefficient (Wildman–Crippen LogP) is 3.22. The number of benzene rings is 1. The molecule has 0 bridgehead atoms. The largest absolute Gasteiger partial charge is 0.504 e. The maximum atomic E-state index is 12.2. The number of rotatable bonds is 6. The van der Waals surface area contributed by atoms with Crippen LogP contribution in [0.1, 0.15) is 25.8 Å². The van der Waals surface area contributed by atoms with E-state index in [0.29, 0.717) is 17.9 Å². The van der Waals surface area contributed by atoms with Crippen LogP contribution in [0, 0.1) is 0 Å². The zero-order chi connectivity index (χ0) is 14.5. The van der Waals surface area contributed by atoms with E-state index in [4.69, 9.17) is 4.74 Å². The Morgan fingerprint density at radius 3 is 2.63 bits per heavy atom. The lowest BCUT2D eigenvalue weighted by Crippen LogP contribution is -2.30. The number of halogens is 3. The van der Waals surface area contributed by atoms with Gasteiger partial charge < -0.3 is 15.2 Å². The molecule has 2 N–H and O–H groups in total. The quantitative estimate of drug-likeness (QED) is 0.839. The minimum absolute atomic E-state index is 0.0314. The van der Waals surface area contributed by atoms with Gasteiger partial charge in [0, 0.05) is 18.2 Å². The molecule has 0 heterocycles. The van der Waals surface area contributed by atoms with E-state index in [-0.39, 0.29) is 12.3 Å². The van der Waals surface area contributed by atoms with Crippen molar-refractivity contribution in [1.82, 2.24) is 5.32 Å². The van der Waals surface area contributed by atoms with Crippen molar-refractivity contribution in [3.05, 3.63) is 23.8 Å². The van der Waals surface area contributed by atoms with Crippen LogP contribution in [-0.4, -0.2) is 23.9 Å². The second-order valence-corrected chi connectivity index (χ2v) is 4.30. The average Bonchev–Trinajstić information content (AvgIpc) is 2.28. The Morgan fingerprint density at radius 1 is 1.37 bits per heavy atom. The highest BCUT2D eigenvalue weighted by molar-refractivity contribution is 5.45. The lowest BCUT2D eigenvalue weighted by Gasteiger charge is -2.17. The third kappa shape index (κ3) is 5.38. The van der Waals surface area contributed by atoms with Crippen LogP contribution in [-0.2, 0) is 6.54 Å². The first-order valence-corrected chi connectivity index (χ1v) is 6.07. The standard InChI is InChI=1S/C13H18F3NO2/c1-3-19-11-6-4-5-10(12(11)18)8-17-9(2)7-13(14,15)16/h4-6,9,17-18H,3,7-8H2,1-2H3. The third-order valence-electron chi connectivity index (χ3n) is 2.56. The molecule has 0 aliphatic heterocycles. The van der Waals surface area contributed by atoms with Gasteiger partial charge in [-0.1, -0.05) is 12.1 Å². The summed E-state index contributed by atoms with van der Waals surface area (Å²) in [7, 11) is 0. The third-order valence-corrected chi connectivity index (χ3v) is 2.56. The van der Waals surface area contributed by atoms with Crippen LogP contribution < -0.4 is 10.1 Å². The molecule has 0 spiro atoms. The minimum atomic E-state index is -4.19. The molecule has 0 aliphatic rings. The van der Waals surface area contributed by atoms with Crippen molar-refractivity contribution < 1.29 is 23.0 Å². The second kappa shape index (κ2) is 6.65. The topological polar surface area (TPSA) is 41.5 Å². The van der Waals surface area contributed by atoms with E-state index in [2.05, 4.69) is 5.32 Å². The first kappa shape index (κ1) is 15.6. The van der Waals surface area contributed by atoms with Gasteiger partial charge in [-0.25, -0.2) is 0 Å². The number of hydrogen-bond acceptors (Lipinski definition) is 3. The summed E-state index contributed by atoms with van der Waals surface area (Å²) in [5, 5.41) is 12.6. The van der Waals surface area contributed by atoms with Gasteiger partial charge in [0.1, 0.15) is 0 Å². The van der Waals surface area contributed by atoms with E-state index in [9.17, 15) is 18.3 Å². The number of aromatic hydroxyl groups is 1. The second-order valence-electron chi connectivity index (χ2n) is 4.30. The van der Waals surface area contributed by atoms with Crippen molar-refractivity contribution in [2.75, 3.05) is 6.61 Å². The molecule has 19 heavy (non-hydrogen) atoms. The molecule has 6 heteroatoms. The SMILES string of the molecule is CCOc1cccc(CNC(C)CC(F)(F)F)c1O. The van der Waals surface area contributed by atoms with Crippen molar-refractivity contribution in [1.29, 1.82) is 0 Å². The Bertz CT molecular complexity index is 407. The van der Waals surface area contributed by atoms with Gasteiger partial charge in [0.2, 0.25) is 0 Å². The van der Waals surface area contributed by atoms with Gasteiger partial charge in [0.15, 0.2) is 11.5 Å². The van der Waals surface area contributed by atoms with E-state index in [1.54, 1.807) is 25.1 Å². The highest BCUT2D eigenvalue weighted by atomic mass is 19.4. The summed E-state index contributed by atoms with van der Waals surface area (Å²) >= 11 is 0. The molecule has 0 fully saturated rings. The molecule has 0 saturated carbocycles. The first-order chi connectivity index (χ1) is 8.83. The maximum Gasteiger partial charge on any atom is 0.390 e. The average molecular weight is 277 g/mol. The van der Waals surface area contributed by atoms with Gasteiger partial charge in [-0.05, 0) is 19.9 Å². The van der Waals surface area contributed by atoms with E-state index in [1.165, 1.54) is 6.92 Å². The fourth-order valence-electron chi connectivity index (χ4n) is 1.69. The number of nitrogens with one attached hydrogen (secondary N) is 1. The Balaban J connectivity index is 2.60. The molecular formula is C13H18F3NO2. The van der Waals surface area contributed by atoms with E-state index >= 15 is 0 Å². The van der Waals surface area contributed by atoms with Crippen molar-refractivity contribution in [3.63, 3.8) is 0 Å². The van der Waals surface area contributed by atoms with Crippen LogP contribution in [0.25, 0.3) is 0 Å². The fourth-order valence-corrected chi connectivity index (χ4v) is 1.69. The normalized spacial score (nSPS) is 13.3. The molecule has 1 aromatic carbocycles. The van der Waals surface area contributed by atoms with E-state index in [0.717, 1.165) is 0 Å². The summed E-state index contributed by atoms with van der Waals surface area (Å²) in [6, 6.07) is 4.23. The molecule has 1 unspecified atom stereocenters. The number of alkyl halides is 3. The van der Waals surface area contributed by atoms with Gasteiger partial charge in [0.25, 0.3) is 0 Å². The van der Waals surface area contributed by atoms with Gasteiger partial charge in [-0.3, -0.25) is 0 Å². The summed E-state index contributed by atoms with van der Waals surface area (Å²) in [5.74, 6) is 0.307. The monoisotopic (exact) mass is 277 g/mol. The zero-order valence-electron chi connectivity index (χ0n) is 10.9. The Hall–Kier alpha value is -1.43. The zero-order valence-corrected chi connectivity index (χ0v) is 10.9. The summed E-state index contributed by atoms with van der Waals surface area (Å²) < 4.78 is 41.7. The molecule has 108 valence electrons. The minimum Gasteiger partial charge on any atom is -0.504 e. The molecule has 0 aromatic heterocycles. The molecule has 1 rings (SSSR count). The van der Waals surface area contributed by atoms with Crippen LogP contribution in [0.15, 0.2) is 18.2 Å². The Morgan fingerprint density at radius 2 is 2.05 bits per heavy atom. The Labute approximate surface area is 110 Å². The highest BCUT2D eigenvalue weighted by Gasteiger charge is 2.29. The van der Waals surface area contributed by atoms with Crippen molar-refractivity contribution in [2.24, 2.45) is 0 Å². The van der Waals surface area contributed by atoms with Gasteiger partial charge >= 0.3 is 6.18 Å². The van der Waals surface area contributed by atoms with Gasteiger partial charge in [0.05, 0.1) is 13.0 Å². The number of para-hydroxylation sites is 1. The molecule has 3 nitrogen and oxygen atoms in total. The summed E-state index contributed by atoms with van der Waals surface area (Å²) in [6.07, 6.45) is -5.10. The van der Waals surface area contributed by atoms with E-state index in [1.807, 2.05) is 0 Å². The molecular weight excluding hydrogens is 259 g/mol. The fraction of sp³-hybridized carbons (Fsp3) is 0.538. The van der Waals surface area contributed by atoms with Crippen molar-refractivity contribution in [2.45, 2.75) is 39.0 Å². The lowest BCUT2D eigenvalue weighted by molar-refractivity contribution is -0.139. The number of ether oxygens (including phenoxy) is 1. The molecule has 0 radical (unpaired) electrons. The van der Waals surface area contributed by atoms with Crippen LogP contribution in [0.3, 0.4) is 0 Å². The molecule has 1 atom stereocenters. The van der Waals surface area contributed by atoms with Crippen molar-refractivity contribution in [3.8, 4) is 11.5 Å². The molecule has 0 aliphatic carbocycles. The summed E-state index contributed by atoms with van der Waals surface area (Å²) in [5.41, 5.74) is 0.514. The summed E-state index contributed by atoms with van der Waals surface area (Å²) in [6.45, 7) is 3.81. The predicted molar refractivity (Wildman–Crippen MR) is 66.2 cm³/mol. The van der Waals surface area contributed by atoms with Crippen LogP contribution in [0.4, 0.5) is 13.2 Å². The highest BCUT2D eigenvalue weighted by Crippen LogP contribution is 2.30. The van der Waals surface area contributed by atoms with E-state index < -0.39 is 18.6 Å². The van der Waals surface area contributed by atoms with Crippen LogP contribution in [0.5, 0.6) is 11.5 Å². The number of phenolic OH excluding ortho intramolecular Hbond substituents is 1.